The molecule has 3 rings (SSSR count). The molecule has 0 atom stereocenters. The fourth-order valence-electron chi connectivity index (χ4n) is 2.50. The number of carbonyl (C=O) groups is 1. The topological polar surface area (TPSA) is 49.6 Å². The van der Waals surface area contributed by atoms with Crippen LogP contribution in [0.15, 0.2) is 35.1 Å². The van der Waals surface area contributed by atoms with Crippen molar-refractivity contribution in [2.45, 2.75) is 6.92 Å². The summed E-state index contributed by atoms with van der Waals surface area (Å²) < 4.78 is 18.6. The second-order valence-corrected chi connectivity index (χ2v) is 5.08. The summed E-state index contributed by atoms with van der Waals surface area (Å²) in [7, 11) is 0. The number of carbonyl (C=O) groups excluding carboxylic acids is 1. The lowest BCUT2D eigenvalue weighted by Crippen LogP contribution is -2.49. The predicted molar refractivity (Wildman–Crippen MR) is 75.8 cm³/mol. The van der Waals surface area contributed by atoms with Crippen molar-refractivity contribution in [2.75, 3.05) is 31.1 Å². The van der Waals surface area contributed by atoms with E-state index in [0.717, 1.165) is 5.56 Å². The van der Waals surface area contributed by atoms with Crippen LogP contribution in [-0.4, -0.2) is 42.1 Å². The lowest BCUT2D eigenvalue weighted by molar-refractivity contribution is 0.0735. The molecule has 0 spiro atoms. The molecule has 2 aromatic rings. The molecular weight excluding hydrogens is 273 g/mol. The predicted octanol–water partition coefficient (Wildman–Crippen LogP) is 2.08. The Morgan fingerprint density at radius 1 is 1.24 bits per heavy atom. The zero-order valence-electron chi connectivity index (χ0n) is 11.8. The van der Waals surface area contributed by atoms with E-state index in [1.54, 1.807) is 24.0 Å². The lowest BCUT2D eigenvalue weighted by Gasteiger charge is -2.35. The van der Waals surface area contributed by atoms with E-state index in [0.29, 0.717) is 37.6 Å². The van der Waals surface area contributed by atoms with E-state index in [1.807, 2.05) is 11.0 Å². The van der Waals surface area contributed by atoms with E-state index in [-0.39, 0.29) is 11.7 Å². The van der Waals surface area contributed by atoms with Gasteiger partial charge in [0, 0.05) is 31.7 Å². The van der Waals surface area contributed by atoms with Gasteiger partial charge >= 0.3 is 0 Å². The molecule has 2 heterocycles. The average molecular weight is 289 g/mol. The fourth-order valence-corrected chi connectivity index (χ4v) is 2.50. The summed E-state index contributed by atoms with van der Waals surface area (Å²) in [5, 5.41) is 3.74. The molecule has 1 aromatic carbocycles. The monoisotopic (exact) mass is 289 g/mol. The molecule has 1 fully saturated rings. The number of amides is 1. The first-order valence-electron chi connectivity index (χ1n) is 6.86. The van der Waals surface area contributed by atoms with Crippen molar-refractivity contribution in [1.82, 2.24) is 10.1 Å². The Morgan fingerprint density at radius 2 is 1.95 bits per heavy atom. The van der Waals surface area contributed by atoms with Gasteiger partial charge in [0.2, 0.25) is 0 Å². The molecule has 6 heteroatoms. The van der Waals surface area contributed by atoms with Gasteiger partial charge in [0.15, 0.2) is 5.69 Å². The van der Waals surface area contributed by atoms with Crippen LogP contribution in [-0.2, 0) is 0 Å². The maximum Gasteiger partial charge on any atom is 0.276 e. The van der Waals surface area contributed by atoms with E-state index >= 15 is 0 Å². The SMILES string of the molecule is Cc1conc1C(=O)N1CCN(c2ccccc2F)CC1. The molecule has 0 N–H and O–H groups in total. The highest BCUT2D eigenvalue weighted by molar-refractivity contribution is 5.93. The molecule has 21 heavy (non-hydrogen) atoms. The molecule has 5 nitrogen and oxygen atoms in total. The fraction of sp³-hybridized carbons (Fsp3) is 0.333. The Labute approximate surface area is 121 Å². The highest BCUT2D eigenvalue weighted by atomic mass is 19.1. The number of hydrogen-bond acceptors (Lipinski definition) is 4. The normalized spacial score (nSPS) is 15.3. The van der Waals surface area contributed by atoms with Gasteiger partial charge in [0.05, 0.1) is 5.69 Å². The Kier molecular flexibility index (Phi) is 3.60. The number of halogens is 1. The Balaban J connectivity index is 1.67. The van der Waals surface area contributed by atoms with Crippen LogP contribution in [0.25, 0.3) is 0 Å². The Morgan fingerprint density at radius 3 is 2.57 bits per heavy atom. The zero-order chi connectivity index (χ0) is 14.8. The smallest absolute Gasteiger partial charge is 0.276 e. The highest BCUT2D eigenvalue weighted by Crippen LogP contribution is 2.20. The van der Waals surface area contributed by atoms with Crippen molar-refractivity contribution >= 4 is 11.6 Å². The number of anilines is 1. The molecule has 110 valence electrons. The molecular formula is C15H16FN3O2. The van der Waals surface area contributed by atoms with E-state index in [4.69, 9.17) is 4.52 Å². The minimum absolute atomic E-state index is 0.130. The maximum atomic E-state index is 13.8. The summed E-state index contributed by atoms with van der Waals surface area (Å²) in [6.45, 7) is 4.07. The van der Waals surface area contributed by atoms with Crippen molar-refractivity contribution in [3.63, 3.8) is 0 Å². The first-order chi connectivity index (χ1) is 10.2. The second-order valence-electron chi connectivity index (χ2n) is 5.08. The van der Waals surface area contributed by atoms with Crippen molar-refractivity contribution < 1.29 is 13.7 Å². The van der Waals surface area contributed by atoms with E-state index in [2.05, 4.69) is 5.16 Å². The Bertz CT molecular complexity index is 648. The first kappa shape index (κ1) is 13.6. The van der Waals surface area contributed by atoms with Gasteiger partial charge in [-0.2, -0.15) is 0 Å². The van der Waals surface area contributed by atoms with Crippen LogP contribution in [0.1, 0.15) is 16.1 Å². The summed E-state index contributed by atoms with van der Waals surface area (Å²) in [4.78, 5) is 16.0. The highest BCUT2D eigenvalue weighted by Gasteiger charge is 2.26. The third-order valence-corrected chi connectivity index (χ3v) is 3.71. The number of piperazine rings is 1. The molecule has 1 saturated heterocycles. The lowest BCUT2D eigenvalue weighted by atomic mass is 10.2. The standard InChI is InChI=1S/C15H16FN3O2/c1-11-10-21-17-14(11)15(20)19-8-6-18(7-9-19)13-5-3-2-4-12(13)16/h2-5,10H,6-9H2,1H3. The van der Waals surface area contributed by atoms with Gasteiger partial charge in [-0.25, -0.2) is 4.39 Å². The number of benzene rings is 1. The van der Waals surface area contributed by atoms with Gasteiger partial charge in [0.25, 0.3) is 5.91 Å². The van der Waals surface area contributed by atoms with Crippen molar-refractivity contribution in [1.29, 1.82) is 0 Å². The molecule has 1 amide bonds. The molecule has 0 saturated carbocycles. The summed E-state index contributed by atoms with van der Waals surface area (Å²) >= 11 is 0. The van der Waals surface area contributed by atoms with E-state index in [1.165, 1.54) is 12.3 Å². The van der Waals surface area contributed by atoms with Gasteiger partial charge in [-0.05, 0) is 19.1 Å². The number of hydrogen-bond donors (Lipinski definition) is 0. The third-order valence-electron chi connectivity index (χ3n) is 3.71. The zero-order valence-corrected chi connectivity index (χ0v) is 11.8. The van der Waals surface area contributed by atoms with E-state index < -0.39 is 0 Å². The average Bonchev–Trinajstić information content (AvgIpc) is 2.93. The second kappa shape index (κ2) is 5.55. The summed E-state index contributed by atoms with van der Waals surface area (Å²) in [5.74, 6) is -0.362. The van der Waals surface area contributed by atoms with Crippen molar-refractivity contribution in [3.8, 4) is 0 Å². The third kappa shape index (κ3) is 2.61. The summed E-state index contributed by atoms with van der Waals surface area (Å²) in [6, 6.07) is 6.70. The Hall–Kier alpha value is -2.37. The summed E-state index contributed by atoms with van der Waals surface area (Å²) in [6.07, 6.45) is 1.46. The number of nitrogens with zero attached hydrogens (tertiary/aromatic N) is 3. The van der Waals surface area contributed by atoms with Crippen LogP contribution in [0.5, 0.6) is 0 Å². The number of rotatable bonds is 2. The van der Waals surface area contributed by atoms with Gasteiger partial charge in [-0.15, -0.1) is 0 Å². The number of aryl methyl sites for hydroxylation is 1. The molecule has 0 unspecified atom stereocenters. The van der Waals surface area contributed by atoms with Crippen LogP contribution >= 0.6 is 0 Å². The molecule has 0 radical (unpaired) electrons. The quantitative estimate of drug-likeness (QED) is 0.849. The van der Waals surface area contributed by atoms with Gasteiger partial charge in [-0.3, -0.25) is 4.79 Å². The van der Waals surface area contributed by atoms with Crippen LogP contribution in [0.3, 0.4) is 0 Å². The molecule has 1 aromatic heterocycles. The first-order valence-corrected chi connectivity index (χ1v) is 6.86. The minimum atomic E-state index is -0.232. The molecule has 1 aliphatic rings. The number of aromatic nitrogens is 1. The van der Waals surface area contributed by atoms with Gasteiger partial charge in [-0.1, -0.05) is 17.3 Å². The van der Waals surface area contributed by atoms with Crippen LogP contribution in [0.4, 0.5) is 10.1 Å². The number of para-hydroxylation sites is 1. The van der Waals surface area contributed by atoms with Crippen LogP contribution in [0, 0.1) is 12.7 Å². The maximum absolute atomic E-state index is 13.8. The van der Waals surface area contributed by atoms with Gasteiger partial charge < -0.3 is 14.3 Å². The van der Waals surface area contributed by atoms with Gasteiger partial charge in [0.1, 0.15) is 12.1 Å². The molecule has 0 bridgehead atoms. The van der Waals surface area contributed by atoms with Crippen LogP contribution in [0.2, 0.25) is 0 Å². The minimum Gasteiger partial charge on any atom is -0.366 e. The molecule has 0 aliphatic carbocycles. The van der Waals surface area contributed by atoms with Crippen LogP contribution < -0.4 is 4.90 Å². The van der Waals surface area contributed by atoms with Crippen molar-refractivity contribution in [2.24, 2.45) is 0 Å². The van der Waals surface area contributed by atoms with Crippen molar-refractivity contribution in [3.05, 3.63) is 47.6 Å². The summed E-state index contributed by atoms with van der Waals surface area (Å²) in [5.41, 5.74) is 1.67. The largest absolute Gasteiger partial charge is 0.366 e. The molecule has 1 aliphatic heterocycles. The van der Waals surface area contributed by atoms with E-state index in [9.17, 15) is 9.18 Å².